The summed E-state index contributed by atoms with van der Waals surface area (Å²) in [6.45, 7) is 4.14. The Hall–Kier alpha value is -2.61. The van der Waals surface area contributed by atoms with Crippen LogP contribution < -0.4 is 5.32 Å². The van der Waals surface area contributed by atoms with Crippen LogP contribution in [0.25, 0.3) is 0 Å². The van der Waals surface area contributed by atoms with E-state index in [1.165, 1.54) is 0 Å². The Morgan fingerprint density at radius 2 is 2.00 bits per heavy atom. The first kappa shape index (κ1) is 17.8. The summed E-state index contributed by atoms with van der Waals surface area (Å²) in [6.07, 6.45) is 4.37. The van der Waals surface area contributed by atoms with Gasteiger partial charge in [-0.1, -0.05) is 0 Å². The Labute approximate surface area is 158 Å². The highest BCUT2D eigenvalue weighted by Crippen LogP contribution is 2.23. The van der Waals surface area contributed by atoms with Crippen LogP contribution >= 0.6 is 0 Å². The molecule has 0 bridgehead atoms. The number of piperazine rings is 1. The summed E-state index contributed by atoms with van der Waals surface area (Å²) in [6, 6.07) is 3.59. The average molecular weight is 371 g/mol. The largest absolute Gasteiger partial charge is 0.467 e. The number of hydrogen-bond donors (Lipinski definition) is 1. The van der Waals surface area contributed by atoms with Crippen molar-refractivity contribution in [2.75, 3.05) is 33.2 Å². The molecule has 1 N–H and O–H groups in total. The summed E-state index contributed by atoms with van der Waals surface area (Å²) >= 11 is 0. The van der Waals surface area contributed by atoms with Crippen molar-refractivity contribution in [3.63, 3.8) is 0 Å². The third-order valence-electron chi connectivity index (χ3n) is 5.32. The molecule has 2 aromatic heterocycles. The van der Waals surface area contributed by atoms with Crippen LogP contribution in [0.3, 0.4) is 0 Å². The van der Waals surface area contributed by atoms with Gasteiger partial charge in [-0.3, -0.25) is 9.59 Å². The van der Waals surface area contributed by atoms with Crippen molar-refractivity contribution in [2.45, 2.75) is 32.4 Å². The molecular formula is C19H25N5O3. The Kier molecular flexibility index (Phi) is 4.98. The van der Waals surface area contributed by atoms with Crippen molar-refractivity contribution in [3.05, 3.63) is 41.4 Å². The molecular weight excluding hydrogens is 346 g/mol. The minimum Gasteiger partial charge on any atom is -0.467 e. The predicted octanol–water partition coefficient (Wildman–Crippen LogP) is 1.13. The molecule has 2 amide bonds. The van der Waals surface area contributed by atoms with Crippen molar-refractivity contribution in [2.24, 2.45) is 0 Å². The quantitative estimate of drug-likeness (QED) is 0.871. The summed E-state index contributed by atoms with van der Waals surface area (Å²) < 4.78 is 7.18. The van der Waals surface area contributed by atoms with Gasteiger partial charge in [0.25, 0.3) is 11.8 Å². The van der Waals surface area contributed by atoms with Gasteiger partial charge in [0.1, 0.15) is 11.5 Å². The first-order chi connectivity index (χ1) is 13.1. The van der Waals surface area contributed by atoms with E-state index in [-0.39, 0.29) is 11.8 Å². The molecule has 4 heterocycles. The smallest absolute Gasteiger partial charge is 0.287 e. The number of carbonyl (C=O) groups is 2. The van der Waals surface area contributed by atoms with Crippen LogP contribution in [0.1, 0.15) is 45.4 Å². The Balaban J connectivity index is 1.55. The number of imidazole rings is 1. The second kappa shape index (κ2) is 7.56. The molecule has 0 atom stereocenters. The topological polar surface area (TPSA) is 83.6 Å². The van der Waals surface area contributed by atoms with Gasteiger partial charge in [0.2, 0.25) is 0 Å². The van der Waals surface area contributed by atoms with Crippen LogP contribution in [0.15, 0.2) is 22.8 Å². The van der Waals surface area contributed by atoms with E-state index in [9.17, 15) is 9.59 Å². The van der Waals surface area contributed by atoms with E-state index in [2.05, 4.69) is 22.2 Å². The monoisotopic (exact) mass is 371 g/mol. The molecule has 8 heteroatoms. The second-order valence-electron chi connectivity index (χ2n) is 7.20. The fourth-order valence-corrected chi connectivity index (χ4v) is 3.71. The maximum atomic E-state index is 13.0. The summed E-state index contributed by atoms with van der Waals surface area (Å²) in [5.74, 6) is 0.682. The number of aromatic nitrogens is 2. The van der Waals surface area contributed by atoms with Crippen LogP contribution in [0.5, 0.6) is 0 Å². The van der Waals surface area contributed by atoms with E-state index in [0.717, 1.165) is 44.6 Å². The zero-order chi connectivity index (χ0) is 18.8. The Morgan fingerprint density at radius 3 is 2.74 bits per heavy atom. The third kappa shape index (κ3) is 3.62. The van der Waals surface area contributed by atoms with Crippen molar-refractivity contribution in [1.82, 2.24) is 24.7 Å². The van der Waals surface area contributed by atoms with E-state index < -0.39 is 0 Å². The average Bonchev–Trinajstić information content (AvgIpc) is 3.34. The SMILES string of the molecule is CN1CCN(C(=O)c2nc(C(=O)NCc3ccco3)n3c2CCCC3)CC1. The molecule has 0 saturated carbocycles. The number of carbonyl (C=O) groups excluding carboxylic acids is 2. The van der Waals surface area contributed by atoms with Crippen LogP contribution in [0.4, 0.5) is 0 Å². The van der Waals surface area contributed by atoms with E-state index in [1.54, 1.807) is 12.3 Å². The fourth-order valence-electron chi connectivity index (χ4n) is 3.71. The number of fused-ring (bicyclic) bond motifs is 1. The van der Waals surface area contributed by atoms with Crippen LogP contribution in [0, 0.1) is 0 Å². The molecule has 0 aliphatic carbocycles. The Bertz CT molecular complexity index is 819. The summed E-state index contributed by atoms with van der Waals surface area (Å²) in [4.78, 5) is 34.3. The lowest BCUT2D eigenvalue weighted by Gasteiger charge is -2.32. The lowest BCUT2D eigenvalue weighted by molar-refractivity contribution is 0.0657. The van der Waals surface area contributed by atoms with Gasteiger partial charge in [-0.15, -0.1) is 0 Å². The molecule has 8 nitrogen and oxygen atoms in total. The number of rotatable bonds is 4. The van der Waals surface area contributed by atoms with Gasteiger partial charge in [0.15, 0.2) is 5.82 Å². The van der Waals surface area contributed by atoms with Crippen LogP contribution in [-0.2, 0) is 19.5 Å². The summed E-state index contributed by atoms with van der Waals surface area (Å²) in [5.41, 5.74) is 1.34. The van der Waals surface area contributed by atoms with Gasteiger partial charge < -0.3 is 24.1 Å². The molecule has 2 aromatic rings. The maximum absolute atomic E-state index is 13.0. The molecule has 0 aromatic carbocycles. The van der Waals surface area contributed by atoms with Crippen molar-refractivity contribution in [3.8, 4) is 0 Å². The molecule has 0 radical (unpaired) electrons. The van der Waals surface area contributed by atoms with E-state index >= 15 is 0 Å². The van der Waals surface area contributed by atoms with Crippen LogP contribution in [-0.4, -0.2) is 64.4 Å². The normalized spacial score (nSPS) is 17.6. The number of nitrogens with one attached hydrogen (secondary N) is 1. The number of hydrogen-bond acceptors (Lipinski definition) is 5. The minimum atomic E-state index is -0.271. The van der Waals surface area contributed by atoms with E-state index in [0.29, 0.717) is 36.9 Å². The molecule has 27 heavy (non-hydrogen) atoms. The highest BCUT2D eigenvalue weighted by Gasteiger charge is 2.30. The second-order valence-corrected chi connectivity index (χ2v) is 7.20. The van der Waals surface area contributed by atoms with Gasteiger partial charge in [-0.2, -0.15) is 0 Å². The molecule has 4 rings (SSSR count). The molecule has 0 spiro atoms. The van der Waals surface area contributed by atoms with Crippen molar-refractivity contribution >= 4 is 11.8 Å². The molecule has 144 valence electrons. The first-order valence-electron chi connectivity index (χ1n) is 9.51. The van der Waals surface area contributed by atoms with Crippen LogP contribution in [0.2, 0.25) is 0 Å². The van der Waals surface area contributed by atoms with Gasteiger partial charge in [0.05, 0.1) is 18.5 Å². The lowest BCUT2D eigenvalue weighted by Crippen LogP contribution is -2.47. The van der Waals surface area contributed by atoms with E-state index in [4.69, 9.17) is 4.42 Å². The highest BCUT2D eigenvalue weighted by atomic mass is 16.3. The number of likely N-dealkylation sites (N-methyl/N-ethyl adjacent to an activating group) is 1. The zero-order valence-electron chi connectivity index (χ0n) is 15.6. The van der Waals surface area contributed by atoms with Gasteiger partial charge in [0, 0.05) is 32.7 Å². The van der Waals surface area contributed by atoms with E-state index in [1.807, 2.05) is 15.5 Å². The summed E-state index contributed by atoms with van der Waals surface area (Å²) in [5, 5.41) is 2.84. The standard InChI is InChI=1S/C19H25N5O3/c1-22-8-10-23(11-9-22)19(26)16-15-6-2-3-7-24(15)17(21-16)18(25)20-13-14-5-4-12-27-14/h4-5,12H,2-3,6-11,13H2,1H3,(H,20,25). The highest BCUT2D eigenvalue weighted by molar-refractivity contribution is 5.97. The van der Waals surface area contributed by atoms with Gasteiger partial charge in [-0.05, 0) is 38.4 Å². The summed E-state index contributed by atoms with van der Waals surface area (Å²) in [7, 11) is 2.06. The van der Waals surface area contributed by atoms with Crippen molar-refractivity contribution < 1.29 is 14.0 Å². The number of furan rings is 1. The molecule has 2 aliphatic rings. The van der Waals surface area contributed by atoms with Crippen molar-refractivity contribution in [1.29, 1.82) is 0 Å². The maximum Gasteiger partial charge on any atom is 0.287 e. The zero-order valence-corrected chi connectivity index (χ0v) is 15.6. The number of nitrogens with zero attached hydrogens (tertiary/aromatic N) is 4. The van der Waals surface area contributed by atoms with Gasteiger partial charge in [-0.25, -0.2) is 4.98 Å². The Morgan fingerprint density at radius 1 is 1.19 bits per heavy atom. The van der Waals surface area contributed by atoms with Gasteiger partial charge >= 0.3 is 0 Å². The lowest BCUT2D eigenvalue weighted by atomic mass is 10.1. The molecule has 0 unspecified atom stereocenters. The minimum absolute atomic E-state index is 0.0566. The first-order valence-corrected chi connectivity index (χ1v) is 9.51. The fraction of sp³-hybridized carbons (Fsp3) is 0.526. The molecule has 2 aliphatic heterocycles. The molecule has 1 saturated heterocycles. The number of amides is 2. The third-order valence-corrected chi connectivity index (χ3v) is 5.32. The molecule has 1 fully saturated rings. The predicted molar refractivity (Wildman–Crippen MR) is 98.4 cm³/mol.